The third-order valence-corrected chi connectivity index (χ3v) is 3.18. The van der Waals surface area contributed by atoms with Gasteiger partial charge in [-0.15, -0.1) is 11.6 Å². The fourth-order valence-corrected chi connectivity index (χ4v) is 1.91. The number of rotatable bonds is 4. The van der Waals surface area contributed by atoms with E-state index >= 15 is 0 Å². The Bertz CT molecular complexity index is 513. The maximum atomic E-state index is 12.4. The molecule has 0 radical (unpaired) electrons. The van der Waals surface area contributed by atoms with Crippen LogP contribution < -0.4 is 0 Å². The van der Waals surface area contributed by atoms with E-state index in [0.717, 1.165) is 24.3 Å². The van der Waals surface area contributed by atoms with E-state index < -0.39 is 35.6 Å². The van der Waals surface area contributed by atoms with Crippen molar-refractivity contribution < 1.29 is 26.3 Å². The summed E-state index contributed by atoms with van der Waals surface area (Å²) in [6.07, 6.45) is -11.1. The van der Waals surface area contributed by atoms with Crippen molar-refractivity contribution in [2.45, 2.75) is 36.5 Å². The molecule has 0 aromatic heterocycles. The van der Waals surface area contributed by atoms with Crippen molar-refractivity contribution >= 4 is 11.6 Å². The van der Waals surface area contributed by atoms with Gasteiger partial charge in [0.05, 0.1) is 11.6 Å². The lowest BCUT2D eigenvalue weighted by molar-refractivity contribution is -0.138. The molecule has 116 valence electrons. The first kappa shape index (κ1) is 17.6. The second-order valence-corrected chi connectivity index (χ2v) is 5.29. The average molecular weight is 330 g/mol. The monoisotopic (exact) mass is 329 g/mol. The van der Waals surface area contributed by atoms with Crippen LogP contribution in [0.4, 0.5) is 26.3 Å². The number of nitriles is 1. The van der Waals surface area contributed by atoms with Crippen molar-refractivity contribution in [1.82, 2.24) is 0 Å². The molecule has 1 aromatic rings. The molecule has 0 fully saturated rings. The SMILES string of the molecule is N#CC(Cl)(CCC(F)(F)F)Cc1ccc(C(F)(F)F)cc1. The van der Waals surface area contributed by atoms with Gasteiger partial charge in [0, 0.05) is 12.8 Å². The zero-order valence-electron chi connectivity index (χ0n) is 10.5. The normalized spacial score (nSPS) is 15.3. The molecule has 8 heteroatoms. The first-order valence-corrected chi connectivity index (χ1v) is 6.16. The lowest BCUT2D eigenvalue weighted by Gasteiger charge is -2.20. The van der Waals surface area contributed by atoms with E-state index in [4.69, 9.17) is 16.9 Å². The number of hydrogen-bond acceptors (Lipinski definition) is 1. The van der Waals surface area contributed by atoms with Gasteiger partial charge in [0.1, 0.15) is 4.87 Å². The Morgan fingerprint density at radius 2 is 1.48 bits per heavy atom. The molecule has 0 bridgehead atoms. The molecule has 1 nitrogen and oxygen atoms in total. The van der Waals surface area contributed by atoms with Crippen LogP contribution in [-0.4, -0.2) is 11.1 Å². The summed E-state index contributed by atoms with van der Waals surface area (Å²) in [4.78, 5) is -1.80. The van der Waals surface area contributed by atoms with Crippen molar-refractivity contribution in [2.24, 2.45) is 0 Å². The minimum absolute atomic E-state index is 0.265. The molecule has 0 saturated heterocycles. The Hall–Kier alpha value is -1.42. The van der Waals surface area contributed by atoms with Gasteiger partial charge in [-0.05, 0) is 24.1 Å². The van der Waals surface area contributed by atoms with E-state index in [1.807, 2.05) is 0 Å². The van der Waals surface area contributed by atoms with Gasteiger partial charge in [0.25, 0.3) is 0 Å². The Labute approximate surface area is 122 Å². The Balaban J connectivity index is 2.80. The molecular weight excluding hydrogens is 320 g/mol. The zero-order valence-corrected chi connectivity index (χ0v) is 11.3. The third kappa shape index (κ3) is 5.84. The molecule has 0 aliphatic rings. The predicted octanol–water partition coefficient (Wildman–Crippen LogP) is 5.09. The zero-order chi connectivity index (χ0) is 16.3. The molecule has 0 aliphatic heterocycles. The standard InChI is InChI=1S/C13H10ClF6N/c14-11(8-21,5-6-12(15,16)17)7-9-1-3-10(4-2-9)13(18,19)20/h1-4H,5-7H2. The number of nitrogens with zero attached hydrogens (tertiary/aromatic N) is 1. The molecule has 1 rings (SSSR count). The van der Waals surface area contributed by atoms with Crippen LogP contribution >= 0.6 is 11.6 Å². The van der Waals surface area contributed by atoms with Crippen molar-refractivity contribution in [3.8, 4) is 6.07 Å². The van der Waals surface area contributed by atoms with Gasteiger partial charge in [-0.2, -0.15) is 31.6 Å². The molecule has 1 atom stereocenters. The summed E-state index contributed by atoms with van der Waals surface area (Å²) < 4.78 is 73.6. The Kier molecular flexibility index (Phi) is 5.16. The topological polar surface area (TPSA) is 23.8 Å². The van der Waals surface area contributed by atoms with Crippen molar-refractivity contribution in [3.63, 3.8) is 0 Å². The van der Waals surface area contributed by atoms with Gasteiger partial charge in [-0.3, -0.25) is 0 Å². The molecule has 0 N–H and O–H groups in total. The molecule has 1 unspecified atom stereocenters. The van der Waals surface area contributed by atoms with Gasteiger partial charge in [0.2, 0.25) is 0 Å². The number of benzene rings is 1. The smallest absolute Gasteiger partial charge is 0.196 e. The Morgan fingerprint density at radius 1 is 0.952 bits per heavy atom. The summed E-state index contributed by atoms with van der Waals surface area (Å²) in [5, 5.41) is 8.90. The highest BCUT2D eigenvalue weighted by Gasteiger charge is 2.36. The predicted molar refractivity (Wildman–Crippen MR) is 64.6 cm³/mol. The first-order chi connectivity index (χ1) is 9.45. The van der Waals surface area contributed by atoms with Crippen molar-refractivity contribution in [2.75, 3.05) is 0 Å². The highest BCUT2D eigenvalue weighted by atomic mass is 35.5. The Morgan fingerprint density at radius 3 is 1.86 bits per heavy atom. The van der Waals surface area contributed by atoms with E-state index in [1.165, 1.54) is 0 Å². The second kappa shape index (κ2) is 6.14. The summed E-state index contributed by atoms with van der Waals surface area (Å²) in [6, 6.07) is 5.39. The van der Waals surface area contributed by atoms with Gasteiger partial charge in [0.15, 0.2) is 0 Å². The molecule has 21 heavy (non-hydrogen) atoms. The summed E-state index contributed by atoms with van der Waals surface area (Å²) in [5.74, 6) is 0. The molecule has 0 amide bonds. The van der Waals surface area contributed by atoms with Crippen LogP contribution in [-0.2, 0) is 12.6 Å². The van der Waals surface area contributed by atoms with Crippen LogP contribution in [0.25, 0.3) is 0 Å². The van der Waals surface area contributed by atoms with Crippen LogP contribution in [0, 0.1) is 11.3 Å². The number of hydrogen-bond donors (Lipinski definition) is 0. The third-order valence-electron chi connectivity index (χ3n) is 2.77. The summed E-state index contributed by atoms with van der Waals surface area (Å²) in [7, 11) is 0. The van der Waals surface area contributed by atoms with E-state index in [9.17, 15) is 26.3 Å². The molecule has 1 aromatic carbocycles. The fraction of sp³-hybridized carbons (Fsp3) is 0.462. The van der Waals surface area contributed by atoms with Crippen molar-refractivity contribution in [3.05, 3.63) is 35.4 Å². The summed E-state index contributed by atoms with van der Waals surface area (Å²) >= 11 is 5.81. The van der Waals surface area contributed by atoms with Crippen molar-refractivity contribution in [1.29, 1.82) is 5.26 Å². The molecule has 0 spiro atoms. The highest BCUT2D eigenvalue weighted by Crippen LogP contribution is 2.33. The fourth-order valence-electron chi connectivity index (χ4n) is 1.66. The van der Waals surface area contributed by atoms with Crippen LogP contribution in [0.15, 0.2) is 24.3 Å². The maximum absolute atomic E-state index is 12.4. The van der Waals surface area contributed by atoms with Crippen LogP contribution in [0.5, 0.6) is 0 Å². The first-order valence-electron chi connectivity index (χ1n) is 5.78. The van der Waals surface area contributed by atoms with E-state index in [-0.39, 0.29) is 12.0 Å². The molecule has 0 saturated carbocycles. The van der Waals surface area contributed by atoms with Gasteiger partial charge in [-0.1, -0.05) is 12.1 Å². The van der Waals surface area contributed by atoms with E-state index in [2.05, 4.69) is 0 Å². The van der Waals surface area contributed by atoms with Crippen LogP contribution in [0.2, 0.25) is 0 Å². The van der Waals surface area contributed by atoms with Gasteiger partial charge < -0.3 is 0 Å². The molecule has 0 aliphatic carbocycles. The number of halogens is 7. The molecular formula is C13H10ClF6N. The molecule has 0 heterocycles. The minimum Gasteiger partial charge on any atom is -0.196 e. The quantitative estimate of drug-likeness (QED) is 0.557. The summed E-state index contributed by atoms with van der Waals surface area (Å²) in [6.45, 7) is 0. The summed E-state index contributed by atoms with van der Waals surface area (Å²) in [5.41, 5.74) is -0.611. The number of alkyl halides is 7. The largest absolute Gasteiger partial charge is 0.416 e. The van der Waals surface area contributed by atoms with Gasteiger partial charge in [-0.25, -0.2) is 0 Å². The lowest BCUT2D eigenvalue weighted by Crippen LogP contribution is -2.25. The van der Waals surface area contributed by atoms with E-state index in [0.29, 0.717) is 0 Å². The minimum atomic E-state index is -4.50. The van der Waals surface area contributed by atoms with Crippen LogP contribution in [0.1, 0.15) is 24.0 Å². The lowest BCUT2D eigenvalue weighted by atomic mass is 9.94. The second-order valence-electron chi connectivity index (χ2n) is 4.56. The highest BCUT2D eigenvalue weighted by molar-refractivity contribution is 6.25. The van der Waals surface area contributed by atoms with E-state index in [1.54, 1.807) is 6.07 Å². The maximum Gasteiger partial charge on any atom is 0.416 e. The van der Waals surface area contributed by atoms with Crippen LogP contribution in [0.3, 0.4) is 0 Å². The average Bonchev–Trinajstić information content (AvgIpc) is 2.35. The van der Waals surface area contributed by atoms with Gasteiger partial charge >= 0.3 is 12.4 Å².